The Labute approximate surface area is 277 Å². The first-order valence-electron chi connectivity index (χ1n) is 15.2. The van der Waals surface area contributed by atoms with Gasteiger partial charge in [-0.05, 0) is 66.4 Å². The zero-order chi connectivity index (χ0) is 33.1. The third-order valence-corrected chi connectivity index (χ3v) is 8.94. The molecule has 4 aromatic carbocycles. The Morgan fingerprint density at radius 3 is 2.04 bits per heavy atom. The normalized spacial score (nSPS) is 12.5. The van der Waals surface area contributed by atoms with Crippen molar-refractivity contribution in [3.63, 3.8) is 0 Å². The summed E-state index contributed by atoms with van der Waals surface area (Å²) in [7, 11) is -3.90. The fraction of sp³-hybridized carbons (Fsp3) is 0.278. The number of ether oxygens (including phenoxy) is 1. The van der Waals surface area contributed by atoms with Crippen LogP contribution < -0.4 is 14.4 Å². The maximum Gasteiger partial charge on any atom is 0.244 e. The molecule has 4 aromatic rings. The van der Waals surface area contributed by atoms with Gasteiger partial charge in [0.2, 0.25) is 21.8 Å². The molecular formula is C36H40ClN3O5S. The van der Waals surface area contributed by atoms with E-state index >= 15 is 0 Å². The molecule has 0 spiro atoms. The zero-order valence-electron chi connectivity index (χ0n) is 26.3. The molecule has 0 heterocycles. The first-order chi connectivity index (χ1) is 22.0. The van der Waals surface area contributed by atoms with Gasteiger partial charge in [0.1, 0.15) is 24.9 Å². The maximum atomic E-state index is 14.3. The summed E-state index contributed by atoms with van der Waals surface area (Å²) in [5.74, 6) is -0.297. The van der Waals surface area contributed by atoms with Gasteiger partial charge in [-0.1, -0.05) is 91.3 Å². The lowest BCUT2D eigenvalue weighted by atomic mass is 10.0. The van der Waals surface area contributed by atoms with Crippen molar-refractivity contribution in [2.24, 2.45) is 0 Å². The fourth-order valence-corrected chi connectivity index (χ4v) is 5.95. The van der Waals surface area contributed by atoms with Gasteiger partial charge in [-0.25, -0.2) is 8.42 Å². The number of sulfonamides is 1. The molecule has 8 nitrogen and oxygen atoms in total. The van der Waals surface area contributed by atoms with E-state index < -0.39 is 28.5 Å². The van der Waals surface area contributed by atoms with E-state index in [1.807, 2.05) is 80.6 Å². The standard InChI is InChI=1S/C36H40ClN3O5S/c1-4-27(2)38-36(42)34(23-28-12-7-5-8-13-28)39(24-30-16-11-17-31(37)22-30)35(41)25-40(46(3,43)44)32-18-20-33(21-19-32)45-26-29-14-9-6-10-15-29/h5-22,27,34H,4,23-26H2,1-3H3,(H,38,42). The lowest BCUT2D eigenvalue weighted by molar-refractivity contribution is -0.140. The highest BCUT2D eigenvalue weighted by atomic mass is 35.5. The molecule has 4 rings (SSSR count). The Morgan fingerprint density at radius 1 is 0.848 bits per heavy atom. The minimum absolute atomic E-state index is 0.0503. The van der Waals surface area contributed by atoms with Crippen LogP contribution in [-0.4, -0.2) is 50.0 Å². The lowest BCUT2D eigenvalue weighted by Crippen LogP contribution is -2.54. The maximum absolute atomic E-state index is 14.3. The van der Waals surface area contributed by atoms with Gasteiger partial charge in [0.05, 0.1) is 11.9 Å². The van der Waals surface area contributed by atoms with E-state index in [0.29, 0.717) is 35.1 Å². The molecule has 0 aliphatic carbocycles. The second-order valence-corrected chi connectivity index (χ2v) is 13.6. The molecule has 0 fully saturated rings. The number of nitrogens with zero attached hydrogens (tertiary/aromatic N) is 2. The number of hydrogen-bond acceptors (Lipinski definition) is 5. The number of nitrogens with one attached hydrogen (secondary N) is 1. The van der Waals surface area contributed by atoms with Gasteiger partial charge >= 0.3 is 0 Å². The van der Waals surface area contributed by atoms with Crippen molar-refractivity contribution in [1.29, 1.82) is 0 Å². The van der Waals surface area contributed by atoms with Gasteiger partial charge in [-0.2, -0.15) is 0 Å². The van der Waals surface area contributed by atoms with Crippen LogP contribution in [0.2, 0.25) is 5.02 Å². The summed E-state index contributed by atoms with van der Waals surface area (Å²) in [5, 5.41) is 3.51. The van der Waals surface area contributed by atoms with Crippen LogP contribution in [0.15, 0.2) is 109 Å². The number of amides is 2. The predicted molar refractivity (Wildman–Crippen MR) is 183 cm³/mol. The van der Waals surface area contributed by atoms with Crippen molar-refractivity contribution in [2.45, 2.75) is 51.9 Å². The van der Waals surface area contributed by atoms with E-state index in [4.69, 9.17) is 16.3 Å². The first-order valence-corrected chi connectivity index (χ1v) is 17.4. The average Bonchev–Trinajstić information content (AvgIpc) is 3.05. The van der Waals surface area contributed by atoms with Crippen molar-refractivity contribution < 1.29 is 22.7 Å². The molecule has 2 unspecified atom stereocenters. The molecule has 0 bridgehead atoms. The second kappa shape index (κ2) is 16.3. The molecule has 2 atom stereocenters. The fourth-order valence-electron chi connectivity index (χ4n) is 4.89. The van der Waals surface area contributed by atoms with E-state index in [2.05, 4.69) is 5.32 Å². The summed E-state index contributed by atoms with van der Waals surface area (Å²) >= 11 is 6.28. The molecule has 242 valence electrons. The van der Waals surface area contributed by atoms with E-state index in [1.54, 1.807) is 42.5 Å². The summed E-state index contributed by atoms with van der Waals surface area (Å²) in [4.78, 5) is 29.5. The van der Waals surface area contributed by atoms with Gasteiger partial charge in [-0.15, -0.1) is 0 Å². The van der Waals surface area contributed by atoms with Crippen molar-refractivity contribution >= 4 is 39.1 Å². The number of anilines is 1. The molecule has 2 amide bonds. The Bertz CT molecular complexity index is 1690. The summed E-state index contributed by atoms with van der Waals surface area (Å²) in [5.41, 5.74) is 2.87. The van der Waals surface area contributed by atoms with Gasteiger partial charge in [0.15, 0.2) is 0 Å². The summed E-state index contributed by atoms with van der Waals surface area (Å²) in [6.45, 7) is 3.77. The van der Waals surface area contributed by atoms with Crippen molar-refractivity contribution in [3.05, 3.63) is 131 Å². The average molecular weight is 662 g/mol. The molecular weight excluding hydrogens is 622 g/mol. The lowest BCUT2D eigenvalue weighted by Gasteiger charge is -2.34. The van der Waals surface area contributed by atoms with Crippen LogP contribution in [0.25, 0.3) is 0 Å². The molecule has 0 saturated heterocycles. The summed E-state index contributed by atoms with van der Waals surface area (Å²) in [6, 6.07) is 31.7. The highest BCUT2D eigenvalue weighted by molar-refractivity contribution is 7.92. The quantitative estimate of drug-likeness (QED) is 0.163. The van der Waals surface area contributed by atoms with Crippen LogP contribution in [0.5, 0.6) is 5.75 Å². The van der Waals surface area contributed by atoms with Crippen LogP contribution in [0.1, 0.15) is 37.0 Å². The molecule has 0 radical (unpaired) electrons. The largest absolute Gasteiger partial charge is 0.489 e. The molecule has 1 N–H and O–H groups in total. The van der Waals surface area contributed by atoms with Crippen LogP contribution in [-0.2, 0) is 39.2 Å². The highest BCUT2D eigenvalue weighted by Crippen LogP contribution is 2.24. The van der Waals surface area contributed by atoms with Crippen LogP contribution in [0, 0.1) is 0 Å². The number of rotatable bonds is 15. The van der Waals surface area contributed by atoms with Crippen molar-refractivity contribution in [3.8, 4) is 5.75 Å². The minimum atomic E-state index is -3.90. The van der Waals surface area contributed by atoms with Crippen LogP contribution >= 0.6 is 11.6 Å². The highest BCUT2D eigenvalue weighted by Gasteiger charge is 2.33. The third-order valence-electron chi connectivity index (χ3n) is 7.57. The van der Waals surface area contributed by atoms with Crippen LogP contribution in [0.4, 0.5) is 5.69 Å². The van der Waals surface area contributed by atoms with E-state index in [9.17, 15) is 18.0 Å². The molecule has 0 aliphatic heterocycles. The smallest absolute Gasteiger partial charge is 0.244 e. The predicted octanol–water partition coefficient (Wildman–Crippen LogP) is 6.24. The monoisotopic (exact) mass is 661 g/mol. The van der Waals surface area contributed by atoms with Crippen LogP contribution in [0.3, 0.4) is 0 Å². The number of benzene rings is 4. The molecule has 10 heteroatoms. The van der Waals surface area contributed by atoms with E-state index in [0.717, 1.165) is 21.7 Å². The van der Waals surface area contributed by atoms with Gasteiger partial charge < -0.3 is 15.0 Å². The van der Waals surface area contributed by atoms with Gasteiger partial charge in [0, 0.05) is 24.0 Å². The number of carbonyl (C=O) groups excluding carboxylic acids is 2. The SMILES string of the molecule is CCC(C)NC(=O)C(Cc1ccccc1)N(Cc1cccc(Cl)c1)C(=O)CN(c1ccc(OCc2ccccc2)cc1)S(C)(=O)=O. The third kappa shape index (κ3) is 10.1. The Morgan fingerprint density at radius 2 is 1.46 bits per heavy atom. The minimum Gasteiger partial charge on any atom is -0.489 e. The Kier molecular flexibility index (Phi) is 12.2. The molecule has 0 saturated carbocycles. The van der Waals surface area contributed by atoms with Crippen molar-refractivity contribution in [2.75, 3.05) is 17.1 Å². The Balaban J connectivity index is 1.65. The summed E-state index contributed by atoms with van der Waals surface area (Å²) < 4.78 is 33.1. The number of hydrogen-bond donors (Lipinski definition) is 1. The molecule has 0 aromatic heterocycles. The van der Waals surface area contributed by atoms with E-state index in [1.165, 1.54) is 4.90 Å². The summed E-state index contributed by atoms with van der Waals surface area (Å²) in [6.07, 6.45) is 2.00. The van der Waals surface area contributed by atoms with Crippen molar-refractivity contribution in [1.82, 2.24) is 10.2 Å². The Hall–Kier alpha value is -4.34. The first kappa shape index (κ1) is 34.5. The van der Waals surface area contributed by atoms with E-state index in [-0.39, 0.29) is 24.9 Å². The second-order valence-electron chi connectivity index (χ2n) is 11.2. The molecule has 46 heavy (non-hydrogen) atoms. The van der Waals surface area contributed by atoms with Gasteiger partial charge in [0.25, 0.3) is 0 Å². The number of halogens is 1. The molecule has 0 aliphatic rings. The van der Waals surface area contributed by atoms with Gasteiger partial charge in [-0.3, -0.25) is 13.9 Å². The zero-order valence-corrected chi connectivity index (χ0v) is 27.9. The topological polar surface area (TPSA) is 96.0 Å². The number of carbonyl (C=O) groups is 2.